The van der Waals surface area contributed by atoms with Gasteiger partial charge in [-0.1, -0.05) is 13.8 Å². The van der Waals surface area contributed by atoms with Gasteiger partial charge in [0.25, 0.3) is 0 Å². The summed E-state index contributed by atoms with van der Waals surface area (Å²) in [6.45, 7) is 6.60. The van der Waals surface area contributed by atoms with E-state index in [1.165, 1.54) is 0 Å². The molecule has 1 aromatic heterocycles. The molecule has 0 saturated heterocycles. The summed E-state index contributed by atoms with van der Waals surface area (Å²) in [6.07, 6.45) is 3.42. The van der Waals surface area contributed by atoms with Crippen LogP contribution in [0.25, 0.3) is 0 Å². The molecule has 0 aliphatic carbocycles. The van der Waals surface area contributed by atoms with Crippen molar-refractivity contribution in [3.8, 4) is 0 Å². The quantitative estimate of drug-likeness (QED) is 0.641. The molecule has 0 atom stereocenters. The second kappa shape index (κ2) is 3.52. The molecule has 0 aromatic carbocycles. The van der Waals surface area contributed by atoms with E-state index in [2.05, 4.69) is 5.10 Å². The van der Waals surface area contributed by atoms with Gasteiger partial charge in [0.15, 0.2) is 5.78 Å². The second-order valence-corrected chi connectivity index (χ2v) is 3.10. The fraction of sp³-hybridized carbons (Fsp3) is 0.556. The van der Waals surface area contributed by atoms with Crippen LogP contribution in [0.5, 0.6) is 0 Å². The van der Waals surface area contributed by atoms with Crippen molar-refractivity contribution in [3.05, 3.63) is 18.0 Å². The number of aryl methyl sites for hydroxylation is 1. The molecule has 12 heavy (non-hydrogen) atoms. The zero-order valence-electron chi connectivity index (χ0n) is 7.74. The van der Waals surface area contributed by atoms with Crippen LogP contribution < -0.4 is 0 Å². The minimum Gasteiger partial charge on any atom is -0.294 e. The number of Topliss-reactive ketones (excluding diaryl/α,β-unsaturated/α-hetero) is 1. The van der Waals surface area contributed by atoms with Crippen molar-refractivity contribution in [1.29, 1.82) is 0 Å². The monoisotopic (exact) mass is 166 g/mol. The maximum absolute atomic E-state index is 11.4. The van der Waals surface area contributed by atoms with Crippen molar-refractivity contribution in [2.75, 3.05) is 0 Å². The van der Waals surface area contributed by atoms with E-state index in [0.717, 1.165) is 6.54 Å². The first-order valence-corrected chi connectivity index (χ1v) is 4.21. The Morgan fingerprint density at radius 1 is 1.67 bits per heavy atom. The molecule has 3 nitrogen and oxygen atoms in total. The van der Waals surface area contributed by atoms with Crippen LogP contribution in [-0.4, -0.2) is 15.6 Å². The fourth-order valence-corrected chi connectivity index (χ4v) is 0.997. The molecule has 0 aliphatic rings. The Balaban J connectivity index is 2.82. The van der Waals surface area contributed by atoms with Crippen molar-refractivity contribution >= 4 is 5.78 Å². The smallest absolute Gasteiger partial charge is 0.168 e. The molecule has 0 bridgehead atoms. The molecule has 0 unspecified atom stereocenters. The van der Waals surface area contributed by atoms with Crippen LogP contribution in [-0.2, 0) is 6.54 Å². The number of carbonyl (C=O) groups is 1. The van der Waals surface area contributed by atoms with Gasteiger partial charge in [0.2, 0.25) is 0 Å². The molecular formula is C9H14N2O. The highest BCUT2D eigenvalue weighted by atomic mass is 16.1. The number of carbonyl (C=O) groups excluding carboxylic acids is 1. The van der Waals surface area contributed by atoms with Gasteiger partial charge < -0.3 is 0 Å². The largest absolute Gasteiger partial charge is 0.294 e. The van der Waals surface area contributed by atoms with E-state index in [0.29, 0.717) is 5.56 Å². The van der Waals surface area contributed by atoms with Gasteiger partial charge in [-0.05, 0) is 6.92 Å². The Labute approximate surface area is 72.4 Å². The third-order valence-corrected chi connectivity index (χ3v) is 1.77. The summed E-state index contributed by atoms with van der Waals surface area (Å²) in [7, 11) is 0. The van der Waals surface area contributed by atoms with Gasteiger partial charge in [-0.2, -0.15) is 5.10 Å². The van der Waals surface area contributed by atoms with E-state index in [4.69, 9.17) is 0 Å². The molecule has 1 aromatic rings. The van der Waals surface area contributed by atoms with Gasteiger partial charge in [-0.3, -0.25) is 9.48 Å². The third kappa shape index (κ3) is 1.72. The lowest BCUT2D eigenvalue weighted by molar-refractivity contribution is 0.0939. The van der Waals surface area contributed by atoms with Crippen molar-refractivity contribution in [3.63, 3.8) is 0 Å². The number of nitrogens with zero attached hydrogens (tertiary/aromatic N) is 2. The zero-order chi connectivity index (χ0) is 9.14. The topological polar surface area (TPSA) is 34.9 Å². The van der Waals surface area contributed by atoms with Crippen molar-refractivity contribution < 1.29 is 4.79 Å². The van der Waals surface area contributed by atoms with Crippen LogP contribution in [0.3, 0.4) is 0 Å². The zero-order valence-corrected chi connectivity index (χ0v) is 7.74. The molecule has 1 heterocycles. The third-order valence-electron chi connectivity index (χ3n) is 1.77. The highest BCUT2D eigenvalue weighted by molar-refractivity contribution is 5.96. The molecule has 0 radical (unpaired) electrons. The summed E-state index contributed by atoms with van der Waals surface area (Å²) < 4.78 is 1.76. The van der Waals surface area contributed by atoms with Crippen LogP contribution in [0.4, 0.5) is 0 Å². The van der Waals surface area contributed by atoms with Crippen molar-refractivity contribution in [2.24, 2.45) is 5.92 Å². The minimum absolute atomic E-state index is 0.0551. The highest BCUT2D eigenvalue weighted by Crippen LogP contribution is 2.06. The standard InChI is InChI=1S/C9H14N2O/c1-4-11-6-8(5-10-11)9(12)7(2)3/h5-7H,4H2,1-3H3. The number of hydrogen-bond acceptors (Lipinski definition) is 2. The van der Waals surface area contributed by atoms with Gasteiger partial charge >= 0.3 is 0 Å². The van der Waals surface area contributed by atoms with E-state index >= 15 is 0 Å². The predicted octanol–water partition coefficient (Wildman–Crippen LogP) is 1.74. The summed E-state index contributed by atoms with van der Waals surface area (Å²) in [6, 6.07) is 0. The van der Waals surface area contributed by atoms with Gasteiger partial charge in [-0.15, -0.1) is 0 Å². The van der Waals surface area contributed by atoms with Gasteiger partial charge in [0.1, 0.15) is 0 Å². The van der Waals surface area contributed by atoms with Gasteiger partial charge in [-0.25, -0.2) is 0 Å². The summed E-state index contributed by atoms with van der Waals surface area (Å²) in [5, 5.41) is 4.03. The first-order valence-electron chi connectivity index (χ1n) is 4.21. The first-order chi connectivity index (χ1) is 5.65. The Kier molecular flexibility index (Phi) is 2.63. The fourth-order valence-electron chi connectivity index (χ4n) is 0.997. The molecule has 0 saturated carbocycles. The van der Waals surface area contributed by atoms with Crippen LogP contribution in [0.2, 0.25) is 0 Å². The van der Waals surface area contributed by atoms with Crippen LogP contribution in [0, 0.1) is 5.92 Å². The molecule has 0 fully saturated rings. The molecule has 0 N–H and O–H groups in total. The molecule has 0 spiro atoms. The Morgan fingerprint density at radius 3 is 2.75 bits per heavy atom. The molecule has 1 rings (SSSR count). The number of rotatable bonds is 3. The highest BCUT2D eigenvalue weighted by Gasteiger charge is 2.11. The van der Waals surface area contributed by atoms with Crippen molar-refractivity contribution in [1.82, 2.24) is 9.78 Å². The maximum atomic E-state index is 11.4. The average molecular weight is 166 g/mol. The summed E-state index contributed by atoms with van der Waals surface area (Å²) in [4.78, 5) is 11.4. The Hall–Kier alpha value is -1.12. The average Bonchev–Trinajstić information content (AvgIpc) is 2.50. The molecule has 3 heteroatoms. The molecule has 0 aliphatic heterocycles. The first kappa shape index (κ1) is 8.97. The molecule has 0 amide bonds. The number of aromatic nitrogens is 2. The summed E-state index contributed by atoms with van der Waals surface area (Å²) >= 11 is 0. The molecular weight excluding hydrogens is 152 g/mol. The Bertz CT molecular complexity index is 276. The van der Waals surface area contributed by atoms with Gasteiger partial charge in [0, 0.05) is 18.7 Å². The van der Waals surface area contributed by atoms with E-state index in [1.54, 1.807) is 17.1 Å². The van der Waals surface area contributed by atoms with E-state index in [-0.39, 0.29) is 11.7 Å². The van der Waals surface area contributed by atoms with Crippen LogP contribution in [0.15, 0.2) is 12.4 Å². The maximum Gasteiger partial charge on any atom is 0.168 e. The van der Waals surface area contributed by atoms with Crippen molar-refractivity contribution in [2.45, 2.75) is 27.3 Å². The lowest BCUT2D eigenvalue weighted by Crippen LogP contribution is -2.06. The normalized spacial score (nSPS) is 10.7. The predicted molar refractivity (Wildman–Crippen MR) is 47.1 cm³/mol. The van der Waals surface area contributed by atoms with Gasteiger partial charge in [0.05, 0.1) is 11.8 Å². The van der Waals surface area contributed by atoms with Crippen LogP contribution in [0.1, 0.15) is 31.1 Å². The molecule has 66 valence electrons. The van der Waals surface area contributed by atoms with E-state index in [9.17, 15) is 4.79 Å². The SMILES string of the molecule is CCn1cc(C(=O)C(C)C)cn1. The summed E-state index contributed by atoms with van der Waals surface area (Å²) in [5.41, 5.74) is 0.715. The van der Waals surface area contributed by atoms with E-state index in [1.807, 2.05) is 20.8 Å². The Morgan fingerprint density at radius 2 is 2.33 bits per heavy atom. The minimum atomic E-state index is 0.0551. The lowest BCUT2D eigenvalue weighted by Gasteiger charge is -1.98. The number of ketones is 1. The number of hydrogen-bond donors (Lipinski definition) is 0. The van der Waals surface area contributed by atoms with E-state index < -0.39 is 0 Å². The summed E-state index contributed by atoms with van der Waals surface area (Å²) in [5.74, 6) is 0.217. The lowest BCUT2D eigenvalue weighted by atomic mass is 10.1. The van der Waals surface area contributed by atoms with Crippen LogP contribution >= 0.6 is 0 Å². The second-order valence-electron chi connectivity index (χ2n) is 3.10.